The summed E-state index contributed by atoms with van der Waals surface area (Å²) in [5.41, 5.74) is 3.32. The number of Topliss-reactive ketones (excluding diaryl/α,β-unsaturated/α-hetero) is 1. The van der Waals surface area contributed by atoms with E-state index in [4.69, 9.17) is 0 Å². The molecule has 82 valence electrons. The first-order valence-electron chi connectivity index (χ1n) is 5.75. The quantitative estimate of drug-likeness (QED) is 0.694. The van der Waals surface area contributed by atoms with Gasteiger partial charge in [-0.15, -0.1) is 0 Å². The molecule has 0 saturated heterocycles. The molecule has 1 aliphatic carbocycles. The van der Waals surface area contributed by atoms with Gasteiger partial charge >= 0.3 is 0 Å². The number of aromatic nitrogens is 1. The number of rotatable bonds is 3. The van der Waals surface area contributed by atoms with Crippen molar-refractivity contribution in [2.75, 3.05) is 0 Å². The largest absolute Gasteiger partial charge is 0.345 e. The number of hydrogen-bond acceptors (Lipinski definition) is 1. The predicted molar refractivity (Wildman–Crippen MR) is 61.3 cm³/mol. The van der Waals surface area contributed by atoms with Gasteiger partial charge in [-0.3, -0.25) is 4.79 Å². The van der Waals surface area contributed by atoms with Gasteiger partial charge in [0.15, 0.2) is 5.78 Å². The summed E-state index contributed by atoms with van der Waals surface area (Å²) in [4.78, 5) is 12.0. The van der Waals surface area contributed by atoms with Gasteiger partial charge in [-0.1, -0.05) is 13.8 Å². The van der Waals surface area contributed by atoms with Gasteiger partial charge in [0.1, 0.15) is 0 Å². The first kappa shape index (κ1) is 10.5. The molecule has 15 heavy (non-hydrogen) atoms. The topological polar surface area (TPSA) is 22.0 Å². The van der Waals surface area contributed by atoms with Crippen LogP contribution < -0.4 is 0 Å². The molecule has 1 aliphatic rings. The third-order valence-corrected chi connectivity index (χ3v) is 3.19. The van der Waals surface area contributed by atoms with Crippen LogP contribution in [0.3, 0.4) is 0 Å². The Balaban J connectivity index is 2.41. The Bertz CT molecular complexity index is 397. The maximum absolute atomic E-state index is 12.0. The van der Waals surface area contributed by atoms with Gasteiger partial charge in [-0.05, 0) is 32.8 Å². The SMILES string of the molecule is Cc1cc(C(=O)C(C)C)c(C)n1C1CC1. The zero-order valence-corrected chi connectivity index (χ0v) is 10.0. The van der Waals surface area contributed by atoms with E-state index in [2.05, 4.69) is 24.5 Å². The van der Waals surface area contributed by atoms with Crippen LogP contribution in [0.4, 0.5) is 0 Å². The van der Waals surface area contributed by atoms with Crippen molar-refractivity contribution in [3.63, 3.8) is 0 Å². The van der Waals surface area contributed by atoms with Crippen LogP contribution in [-0.4, -0.2) is 10.4 Å². The highest BCUT2D eigenvalue weighted by molar-refractivity contribution is 5.98. The molecular formula is C13H19NO. The van der Waals surface area contributed by atoms with E-state index in [0.717, 1.165) is 11.3 Å². The maximum atomic E-state index is 12.0. The van der Waals surface area contributed by atoms with Crippen LogP contribution in [0.15, 0.2) is 6.07 Å². The lowest BCUT2D eigenvalue weighted by molar-refractivity contribution is 0.0938. The smallest absolute Gasteiger partial charge is 0.167 e. The molecule has 1 aromatic rings. The zero-order valence-electron chi connectivity index (χ0n) is 10.0. The van der Waals surface area contributed by atoms with Crippen molar-refractivity contribution in [2.24, 2.45) is 5.92 Å². The highest BCUT2D eigenvalue weighted by atomic mass is 16.1. The van der Waals surface area contributed by atoms with E-state index >= 15 is 0 Å². The summed E-state index contributed by atoms with van der Waals surface area (Å²) in [6.07, 6.45) is 2.54. The number of aryl methyl sites for hydroxylation is 1. The molecule has 1 heterocycles. The van der Waals surface area contributed by atoms with Crippen molar-refractivity contribution in [3.8, 4) is 0 Å². The number of carbonyl (C=O) groups excluding carboxylic acids is 1. The van der Waals surface area contributed by atoms with Crippen LogP contribution in [0.5, 0.6) is 0 Å². The van der Waals surface area contributed by atoms with Gasteiger partial charge in [-0.2, -0.15) is 0 Å². The van der Waals surface area contributed by atoms with Crippen LogP contribution in [0.1, 0.15) is 54.5 Å². The summed E-state index contributed by atoms with van der Waals surface area (Å²) >= 11 is 0. The van der Waals surface area contributed by atoms with Crippen LogP contribution in [0.25, 0.3) is 0 Å². The number of nitrogens with zero attached hydrogens (tertiary/aromatic N) is 1. The Kier molecular flexibility index (Phi) is 2.45. The first-order chi connectivity index (χ1) is 7.02. The molecule has 1 saturated carbocycles. The predicted octanol–water partition coefficient (Wildman–Crippen LogP) is 3.28. The molecule has 2 rings (SSSR count). The minimum Gasteiger partial charge on any atom is -0.345 e. The molecule has 0 bridgehead atoms. The van der Waals surface area contributed by atoms with E-state index in [1.165, 1.54) is 18.5 Å². The average molecular weight is 205 g/mol. The summed E-state index contributed by atoms with van der Waals surface area (Å²) in [7, 11) is 0. The second-order valence-corrected chi connectivity index (χ2v) is 4.90. The molecule has 0 unspecified atom stereocenters. The monoisotopic (exact) mass is 205 g/mol. The molecule has 0 atom stereocenters. The van der Waals surface area contributed by atoms with Gasteiger partial charge in [0, 0.05) is 28.9 Å². The minimum absolute atomic E-state index is 0.0955. The first-order valence-corrected chi connectivity index (χ1v) is 5.75. The third kappa shape index (κ3) is 1.73. The lowest BCUT2D eigenvalue weighted by atomic mass is 10.0. The summed E-state index contributed by atoms with van der Waals surface area (Å²) in [5, 5.41) is 0. The zero-order chi connectivity index (χ0) is 11.2. The number of carbonyl (C=O) groups is 1. The number of hydrogen-bond donors (Lipinski definition) is 0. The van der Waals surface area contributed by atoms with E-state index in [0.29, 0.717) is 6.04 Å². The second-order valence-electron chi connectivity index (χ2n) is 4.90. The normalized spacial score (nSPS) is 16.1. The fraction of sp³-hybridized carbons (Fsp3) is 0.615. The lowest BCUT2D eigenvalue weighted by Crippen LogP contribution is -2.09. The van der Waals surface area contributed by atoms with Gasteiger partial charge in [0.25, 0.3) is 0 Å². The van der Waals surface area contributed by atoms with Gasteiger partial charge in [0.2, 0.25) is 0 Å². The van der Waals surface area contributed by atoms with E-state index in [1.807, 2.05) is 13.8 Å². The van der Waals surface area contributed by atoms with Gasteiger partial charge in [-0.25, -0.2) is 0 Å². The lowest BCUT2D eigenvalue weighted by Gasteiger charge is -2.08. The fourth-order valence-electron chi connectivity index (χ4n) is 2.23. The van der Waals surface area contributed by atoms with Crippen LogP contribution in [0.2, 0.25) is 0 Å². The molecule has 0 N–H and O–H groups in total. The van der Waals surface area contributed by atoms with E-state index < -0.39 is 0 Å². The Labute approximate surface area is 91.3 Å². The van der Waals surface area contributed by atoms with Crippen molar-refractivity contribution in [1.82, 2.24) is 4.57 Å². The fourth-order valence-corrected chi connectivity index (χ4v) is 2.23. The Morgan fingerprint density at radius 1 is 1.40 bits per heavy atom. The van der Waals surface area contributed by atoms with Crippen molar-refractivity contribution >= 4 is 5.78 Å². The average Bonchev–Trinajstić information content (AvgIpc) is 2.93. The molecule has 0 aliphatic heterocycles. The molecule has 0 amide bonds. The molecule has 0 aromatic carbocycles. The third-order valence-electron chi connectivity index (χ3n) is 3.19. The highest BCUT2D eigenvalue weighted by Gasteiger charge is 2.28. The van der Waals surface area contributed by atoms with Crippen molar-refractivity contribution < 1.29 is 4.79 Å². The van der Waals surface area contributed by atoms with Gasteiger partial charge in [0.05, 0.1) is 0 Å². The Hall–Kier alpha value is -1.05. The molecule has 2 nitrogen and oxygen atoms in total. The summed E-state index contributed by atoms with van der Waals surface area (Å²) in [5.74, 6) is 0.369. The molecule has 1 aromatic heterocycles. The summed E-state index contributed by atoms with van der Waals surface area (Å²) in [6.45, 7) is 8.10. The van der Waals surface area contributed by atoms with E-state index in [1.54, 1.807) is 0 Å². The van der Waals surface area contributed by atoms with Crippen molar-refractivity contribution in [3.05, 3.63) is 23.0 Å². The van der Waals surface area contributed by atoms with Crippen LogP contribution in [-0.2, 0) is 0 Å². The highest BCUT2D eigenvalue weighted by Crippen LogP contribution is 2.38. The Morgan fingerprint density at radius 3 is 2.47 bits per heavy atom. The number of ketones is 1. The van der Waals surface area contributed by atoms with Crippen molar-refractivity contribution in [2.45, 2.75) is 46.6 Å². The molecule has 2 heteroatoms. The molecule has 1 fully saturated rings. The van der Waals surface area contributed by atoms with Crippen LogP contribution >= 0.6 is 0 Å². The van der Waals surface area contributed by atoms with E-state index in [9.17, 15) is 4.79 Å². The van der Waals surface area contributed by atoms with Crippen molar-refractivity contribution in [1.29, 1.82) is 0 Å². The molecular weight excluding hydrogens is 186 g/mol. The molecule has 0 spiro atoms. The van der Waals surface area contributed by atoms with Gasteiger partial charge < -0.3 is 4.57 Å². The van der Waals surface area contributed by atoms with E-state index in [-0.39, 0.29) is 11.7 Å². The second kappa shape index (κ2) is 3.51. The summed E-state index contributed by atoms with van der Waals surface area (Å²) < 4.78 is 2.33. The standard InChI is InChI=1S/C13H19NO/c1-8(2)13(15)12-7-9(3)14(10(12)4)11-5-6-11/h7-8,11H,5-6H2,1-4H3. The van der Waals surface area contributed by atoms with Crippen LogP contribution in [0, 0.1) is 19.8 Å². The minimum atomic E-state index is 0.0955. The summed E-state index contributed by atoms with van der Waals surface area (Å²) in [6, 6.07) is 2.72. The molecule has 0 radical (unpaired) electrons. The Morgan fingerprint density at radius 2 is 2.00 bits per heavy atom. The maximum Gasteiger partial charge on any atom is 0.167 e.